The lowest BCUT2D eigenvalue weighted by atomic mass is 9.68. The first-order chi connectivity index (χ1) is 11.0. The van der Waals surface area contributed by atoms with E-state index in [1.165, 1.54) is 12.8 Å². The average Bonchev–Trinajstić information content (AvgIpc) is 2.56. The van der Waals surface area contributed by atoms with Crippen molar-refractivity contribution in [2.45, 2.75) is 51.6 Å². The van der Waals surface area contributed by atoms with Gasteiger partial charge in [-0.25, -0.2) is 0 Å². The number of hydrogen-bond donors (Lipinski definition) is 1. The predicted molar refractivity (Wildman–Crippen MR) is 99.8 cm³/mol. The van der Waals surface area contributed by atoms with Crippen LogP contribution in [-0.4, -0.2) is 35.3 Å². The van der Waals surface area contributed by atoms with Gasteiger partial charge in [-0.15, -0.1) is 0 Å². The van der Waals surface area contributed by atoms with Crippen molar-refractivity contribution in [3.05, 3.63) is 30.3 Å². The number of likely N-dealkylation sites (tertiary alicyclic amines) is 1. The van der Waals surface area contributed by atoms with E-state index in [-0.39, 0.29) is 5.60 Å². The molecule has 1 aromatic carbocycles. The zero-order valence-corrected chi connectivity index (χ0v) is 15.1. The van der Waals surface area contributed by atoms with Crippen molar-refractivity contribution >= 4 is 23.0 Å². The van der Waals surface area contributed by atoms with Crippen molar-refractivity contribution in [2.75, 3.05) is 25.0 Å². The molecule has 2 saturated heterocycles. The van der Waals surface area contributed by atoms with Crippen LogP contribution in [0, 0.1) is 5.41 Å². The summed E-state index contributed by atoms with van der Waals surface area (Å²) in [6.07, 6.45) is 5.92. The maximum atomic E-state index is 6.07. The summed E-state index contributed by atoms with van der Waals surface area (Å²) in [6.45, 7) is 7.51. The molecule has 0 saturated carbocycles. The molecule has 4 heteroatoms. The highest BCUT2D eigenvalue weighted by molar-refractivity contribution is 7.80. The number of para-hydroxylation sites is 1. The zero-order chi connectivity index (χ0) is 16.3. The number of anilines is 1. The fraction of sp³-hybridized carbons (Fsp3) is 0.632. The number of hydrogen-bond acceptors (Lipinski definition) is 2. The summed E-state index contributed by atoms with van der Waals surface area (Å²) in [7, 11) is 0. The van der Waals surface area contributed by atoms with Crippen molar-refractivity contribution < 1.29 is 4.74 Å². The Balaban J connectivity index is 1.67. The smallest absolute Gasteiger partial charge is 0.173 e. The van der Waals surface area contributed by atoms with Crippen LogP contribution >= 0.6 is 12.2 Å². The average molecular weight is 333 g/mol. The molecule has 23 heavy (non-hydrogen) atoms. The van der Waals surface area contributed by atoms with Gasteiger partial charge >= 0.3 is 0 Å². The number of benzene rings is 1. The van der Waals surface area contributed by atoms with E-state index in [2.05, 4.69) is 36.2 Å². The molecule has 1 spiro atoms. The van der Waals surface area contributed by atoms with Crippen LogP contribution in [0.15, 0.2) is 30.3 Å². The highest BCUT2D eigenvalue weighted by atomic mass is 32.1. The topological polar surface area (TPSA) is 24.5 Å². The fourth-order valence-corrected chi connectivity index (χ4v) is 4.40. The Hall–Kier alpha value is -1.13. The maximum Gasteiger partial charge on any atom is 0.173 e. The van der Waals surface area contributed by atoms with E-state index < -0.39 is 0 Å². The first-order valence-corrected chi connectivity index (χ1v) is 9.20. The van der Waals surface area contributed by atoms with Crippen LogP contribution in [0.3, 0.4) is 0 Å². The van der Waals surface area contributed by atoms with Gasteiger partial charge in [0.1, 0.15) is 0 Å². The largest absolute Gasteiger partial charge is 0.375 e. The Morgan fingerprint density at radius 2 is 2.09 bits per heavy atom. The van der Waals surface area contributed by atoms with Gasteiger partial charge in [0, 0.05) is 25.4 Å². The lowest BCUT2D eigenvalue weighted by Crippen LogP contribution is -2.53. The second kappa shape index (κ2) is 6.78. The van der Waals surface area contributed by atoms with Crippen molar-refractivity contribution in [3.63, 3.8) is 0 Å². The molecule has 0 bridgehead atoms. The summed E-state index contributed by atoms with van der Waals surface area (Å²) in [6, 6.07) is 10.2. The van der Waals surface area contributed by atoms with Gasteiger partial charge in [0.25, 0.3) is 0 Å². The molecule has 2 atom stereocenters. The molecule has 1 N–H and O–H groups in total. The summed E-state index contributed by atoms with van der Waals surface area (Å²) in [5.41, 5.74) is 1.47. The Morgan fingerprint density at radius 1 is 1.30 bits per heavy atom. The van der Waals surface area contributed by atoms with Crippen LogP contribution in [-0.2, 0) is 4.74 Å². The van der Waals surface area contributed by atoms with E-state index in [0.29, 0.717) is 5.41 Å². The van der Waals surface area contributed by atoms with Gasteiger partial charge in [0.2, 0.25) is 0 Å². The Kier molecular flexibility index (Phi) is 4.93. The summed E-state index contributed by atoms with van der Waals surface area (Å²) in [4.78, 5) is 2.37. The minimum absolute atomic E-state index is 0.0374. The summed E-state index contributed by atoms with van der Waals surface area (Å²) < 4.78 is 6.07. The normalized spacial score (nSPS) is 31.1. The molecule has 0 amide bonds. The van der Waals surface area contributed by atoms with E-state index in [4.69, 9.17) is 17.0 Å². The lowest BCUT2D eigenvalue weighted by Gasteiger charge is -2.51. The fourth-order valence-electron chi connectivity index (χ4n) is 4.13. The van der Waals surface area contributed by atoms with Gasteiger partial charge in [0.15, 0.2) is 5.11 Å². The molecule has 2 aliphatic heterocycles. The third-order valence-electron chi connectivity index (χ3n) is 5.55. The minimum atomic E-state index is 0.0374. The van der Waals surface area contributed by atoms with Crippen molar-refractivity contribution in [3.8, 4) is 0 Å². The molecule has 2 heterocycles. The van der Waals surface area contributed by atoms with E-state index in [1.54, 1.807) is 0 Å². The van der Waals surface area contributed by atoms with Crippen molar-refractivity contribution in [2.24, 2.45) is 5.41 Å². The second-order valence-corrected chi connectivity index (χ2v) is 7.79. The van der Waals surface area contributed by atoms with Crippen molar-refractivity contribution in [1.82, 2.24) is 4.90 Å². The van der Waals surface area contributed by atoms with E-state index in [1.807, 2.05) is 18.2 Å². The van der Waals surface area contributed by atoms with E-state index in [9.17, 15) is 0 Å². The summed E-state index contributed by atoms with van der Waals surface area (Å²) >= 11 is 5.68. The Morgan fingerprint density at radius 3 is 2.83 bits per heavy atom. The second-order valence-electron chi connectivity index (χ2n) is 7.40. The van der Waals surface area contributed by atoms with Crippen LogP contribution in [0.2, 0.25) is 0 Å². The quantitative estimate of drug-likeness (QED) is 0.809. The van der Waals surface area contributed by atoms with Gasteiger partial charge in [-0.1, -0.05) is 25.1 Å². The monoisotopic (exact) mass is 332 g/mol. The molecule has 3 rings (SSSR count). The summed E-state index contributed by atoms with van der Waals surface area (Å²) in [5, 5.41) is 4.26. The molecule has 2 fully saturated rings. The van der Waals surface area contributed by atoms with Crippen LogP contribution in [0.1, 0.15) is 46.0 Å². The molecular weight excluding hydrogens is 304 g/mol. The predicted octanol–water partition coefficient (Wildman–Crippen LogP) is 4.44. The first kappa shape index (κ1) is 16.7. The number of rotatable bonds is 2. The number of piperidine rings is 1. The molecule has 0 radical (unpaired) electrons. The Bertz CT molecular complexity index is 546. The number of thiocarbonyl (C=S) groups is 1. The van der Waals surface area contributed by atoms with E-state index in [0.717, 1.165) is 49.8 Å². The SMILES string of the molecule is CC[C@@]1(C)C[C@@]2(CCCN(C(=S)Nc3ccccc3)C2)CCO1. The number of nitrogens with zero attached hydrogens (tertiary/aromatic N) is 1. The van der Waals surface area contributed by atoms with Crippen LogP contribution < -0.4 is 5.32 Å². The lowest BCUT2D eigenvalue weighted by molar-refractivity contribution is -0.129. The maximum absolute atomic E-state index is 6.07. The van der Waals surface area contributed by atoms with E-state index >= 15 is 0 Å². The van der Waals surface area contributed by atoms with Gasteiger partial charge in [-0.2, -0.15) is 0 Å². The van der Waals surface area contributed by atoms with Gasteiger partial charge < -0.3 is 15.0 Å². The molecule has 2 aliphatic rings. The molecule has 126 valence electrons. The number of ether oxygens (including phenoxy) is 1. The van der Waals surface area contributed by atoms with Crippen LogP contribution in [0.4, 0.5) is 5.69 Å². The zero-order valence-electron chi connectivity index (χ0n) is 14.3. The summed E-state index contributed by atoms with van der Waals surface area (Å²) in [5.74, 6) is 0. The van der Waals surface area contributed by atoms with Crippen LogP contribution in [0.25, 0.3) is 0 Å². The Labute approximate surface area is 145 Å². The molecule has 1 aromatic rings. The number of nitrogens with one attached hydrogen (secondary N) is 1. The van der Waals surface area contributed by atoms with Gasteiger partial charge in [0.05, 0.1) is 5.60 Å². The van der Waals surface area contributed by atoms with Gasteiger partial charge in [-0.05, 0) is 68.8 Å². The molecule has 3 nitrogen and oxygen atoms in total. The molecule has 0 aliphatic carbocycles. The third-order valence-corrected chi connectivity index (χ3v) is 5.91. The minimum Gasteiger partial charge on any atom is -0.375 e. The molecule has 0 unspecified atom stereocenters. The highest BCUT2D eigenvalue weighted by Crippen LogP contribution is 2.46. The third kappa shape index (κ3) is 3.86. The van der Waals surface area contributed by atoms with Crippen LogP contribution in [0.5, 0.6) is 0 Å². The molecule has 0 aromatic heterocycles. The highest BCUT2D eigenvalue weighted by Gasteiger charge is 2.44. The molecular formula is C19H28N2OS. The van der Waals surface area contributed by atoms with Crippen molar-refractivity contribution in [1.29, 1.82) is 0 Å². The standard InChI is InChI=1S/C19H28N2OS/c1-3-18(2)14-19(11-13-22-18)10-7-12-21(15-19)17(23)20-16-8-5-4-6-9-16/h4-6,8-9H,3,7,10-15H2,1-2H3,(H,20,23)/t18-,19+/m0/s1. The van der Waals surface area contributed by atoms with Gasteiger partial charge in [-0.3, -0.25) is 0 Å². The first-order valence-electron chi connectivity index (χ1n) is 8.79.